The summed E-state index contributed by atoms with van der Waals surface area (Å²) in [5.74, 6) is 0. The fourth-order valence-corrected chi connectivity index (χ4v) is 2.23. The SMILES string of the molecule is CC1(C)CC1NC(=O)N1CCCCCC1. The Morgan fingerprint density at radius 1 is 1.20 bits per heavy atom. The molecule has 3 heteroatoms. The normalized spacial score (nSPS) is 29.5. The maximum absolute atomic E-state index is 11.9. The highest BCUT2D eigenvalue weighted by atomic mass is 16.2. The molecule has 1 heterocycles. The van der Waals surface area contributed by atoms with E-state index >= 15 is 0 Å². The molecular formula is C12H22N2O. The van der Waals surface area contributed by atoms with Gasteiger partial charge in [0.2, 0.25) is 0 Å². The zero-order valence-electron chi connectivity index (χ0n) is 9.88. The predicted octanol–water partition coefficient (Wildman–Crippen LogP) is 2.37. The van der Waals surface area contributed by atoms with Crippen molar-refractivity contribution in [2.24, 2.45) is 5.41 Å². The van der Waals surface area contributed by atoms with E-state index in [1.165, 1.54) is 25.7 Å². The number of carbonyl (C=O) groups is 1. The van der Waals surface area contributed by atoms with Gasteiger partial charge in [-0.15, -0.1) is 0 Å². The lowest BCUT2D eigenvalue weighted by Gasteiger charge is -2.21. The Labute approximate surface area is 92.2 Å². The van der Waals surface area contributed by atoms with Crippen molar-refractivity contribution in [2.45, 2.75) is 52.0 Å². The molecule has 1 atom stereocenters. The van der Waals surface area contributed by atoms with Crippen LogP contribution in [-0.2, 0) is 0 Å². The van der Waals surface area contributed by atoms with Crippen LogP contribution < -0.4 is 5.32 Å². The van der Waals surface area contributed by atoms with Gasteiger partial charge in [0.15, 0.2) is 0 Å². The molecule has 0 aromatic heterocycles. The Morgan fingerprint density at radius 3 is 2.20 bits per heavy atom. The van der Waals surface area contributed by atoms with E-state index in [-0.39, 0.29) is 6.03 Å². The van der Waals surface area contributed by atoms with Gasteiger partial charge in [-0.25, -0.2) is 4.79 Å². The zero-order chi connectivity index (χ0) is 10.9. The molecular weight excluding hydrogens is 188 g/mol. The Kier molecular flexibility index (Phi) is 2.89. The zero-order valence-corrected chi connectivity index (χ0v) is 9.88. The van der Waals surface area contributed by atoms with E-state index in [1.807, 2.05) is 4.90 Å². The molecule has 2 rings (SSSR count). The first kappa shape index (κ1) is 10.8. The molecule has 1 N–H and O–H groups in total. The molecule has 0 spiro atoms. The average molecular weight is 210 g/mol. The highest BCUT2D eigenvalue weighted by Crippen LogP contribution is 2.44. The smallest absolute Gasteiger partial charge is 0.317 e. The standard InChI is InChI=1S/C12H22N2O/c1-12(2)9-10(12)13-11(15)14-7-5-3-4-6-8-14/h10H,3-9H2,1-2H3,(H,13,15). The number of carbonyl (C=O) groups excluding carboxylic acids is 1. The number of rotatable bonds is 1. The minimum Gasteiger partial charge on any atom is -0.335 e. The first-order chi connectivity index (χ1) is 7.09. The maximum atomic E-state index is 11.9. The van der Waals surface area contributed by atoms with Gasteiger partial charge in [0.1, 0.15) is 0 Å². The number of urea groups is 1. The number of hydrogen-bond acceptors (Lipinski definition) is 1. The number of likely N-dealkylation sites (tertiary alicyclic amines) is 1. The molecule has 1 aliphatic carbocycles. The lowest BCUT2D eigenvalue weighted by Crippen LogP contribution is -2.42. The minimum atomic E-state index is 0.160. The summed E-state index contributed by atoms with van der Waals surface area (Å²) in [7, 11) is 0. The number of hydrogen-bond donors (Lipinski definition) is 1. The molecule has 1 unspecified atom stereocenters. The van der Waals surface area contributed by atoms with Crippen LogP contribution in [0.2, 0.25) is 0 Å². The van der Waals surface area contributed by atoms with Gasteiger partial charge in [0, 0.05) is 19.1 Å². The summed E-state index contributed by atoms with van der Waals surface area (Å²) in [6, 6.07) is 0.570. The third-order valence-corrected chi connectivity index (χ3v) is 3.70. The predicted molar refractivity (Wildman–Crippen MR) is 60.8 cm³/mol. The summed E-state index contributed by atoms with van der Waals surface area (Å²) in [5.41, 5.74) is 0.335. The molecule has 2 fully saturated rings. The fraction of sp³-hybridized carbons (Fsp3) is 0.917. The highest BCUT2D eigenvalue weighted by Gasteiger charge is 2.47. The van der Waals surface area contributed by atoms with Crippen LogP contribution >= 0.6 is 0 Å². The molecule has 15 heavy (non-hydrogen) atoms. The number of amides is 2. The molecule has 3 nitrogen and oxygen atoms in total. The van der Waals surface area contributed by atoms with Gasteiger partial charge in [0.25, 0.3) is 0 Å². The second-order valence-corrected chi connectivity index (χ2v) is 5.60. The van der Waals surface area contributed by atoms with Crippen molar-refractivity contribution in [2.75, 3.05) is 13.1 Å². The first-order valence-corrected chi connectivity index (χ1v) is 6.15. The summed E-state index contributed by atoms with van der Waals surface area (Å²) in [6.07, 6.45) is 6.02. The van der Waals surface area contributed by atoms with Crippen molar-refractivity contribution < 1.29 is 4.79 Å². The van der Waals surface area contributed by atoms with E-state index in [9.17, 15) is 4.79 Å². The van der Waals surface area contributed by atoms with Crippen LogP contribution in [-0.4, -0.2) is 30.1 Å². The molecule has 2 amide bonds. The number of nitrogens with zero attached hydrogens (tertiary/aromatic N) is 1. The van der Waals surface area contributed by atoms with Crippen LogP contribution in [0.4, 0.5) is 4.79 Å². The molecule has 1 saturated heterocycles. The van der Waals surface area contributed by atoms with E-state index in [2.05, 4.69) is 19.2 Å². The van der Waals surface area contributed by atoms with Crippen molar-refractivity contribution in [3.8, 4) is 0 Å². The second-order valence-electron chi connectivity index (χ2n) is 5.60. The molecule has 0 aromatic carbocycles. The van der Waals surface area contributed by atoms with Crippen molar-refractivity contribution in [3.63, 3.8) is 0 Å². The van der Waals surface area contributed by atoms with Crippen LogP contribution in [0.5, 0.6) is 0 Å². The Hall–Kier alpha value is -0.730. The maximum Gasteiger partial charge on any atom is 0.317 e. The van der Waals surface area contributed by atoms with Crippen LogP contribution in [0, 0.1) is 5.41 Å². The van der Waals surface area contributed by atoms with Crippen molar-refractivity contribution in [1.29, 1.82) is 0 Å². The summed E-state index contributed by atoms with van der Waals surface area (Å²) in [6.45, 7) is 6.30. The average Bonchev–Trinajstić information content (AvgIpc) is 2.84. The first-order valence-electron chi connectivity index (χ1n) is 6.15. The lowest BCUT2D eigenvalue weighted by molar-refractivity contribution is 0.198. The van der Waals surface area contributed by atoms with E-state index in [4.69, 9.17) is 0 Å². The number of nitrogens with one attached hydrogen (secondary N) is 1. The third kappa shape index (κ3) is 2.64. The monoisotopic (exact) mass is 210 g/mol. The Morgan fingerprint density at radius 2 is 1.73 bits per heavy atom. The van der Waals surface area contributed by atoms with E-state index in [0.717, 1.165) is 19.5 Å². The summed E-state index contributed by atoms with van der Waals surface area (Å²) in [4.78, 5) is 13.9. The van der Waals surface area contributed by atoms with Crippen molar-refractivity contribution >= 4 is 6.03 Å². The molecule has 2 aliphatic rings. The quantitative estimate of drug-likeness (QED) is 0.708. The van der Waals surface area contributed by atoms with Gasteiger partial charge in [0.05, 0.1) is 0 Å². The van der Waals surface area contributed by atoms with Crippen molar-refractivity contribution in [1.82, 2.24) is 10.2 Å². The molecule has 1 saturated carbocycles. The largest absolute Gasteiger partial charge is 0.335 e. The summed E-state index contributed by atoms with van der Waals surface area (Å²) < 4.78 is 0. The molecule has 0 radical (unpaired) electrons. The Balaban J connectivity index is 1.79. The van der Waals surface area contributed by atoms with Crippen LogP contribution in [0.25, 0.3) is 0 Å². The molecule has 86 valence electrons. The van der Waals surface area contributed by atoms with E-state index < -0.39 is 0 Å². The minimum absolute atomic E-state index is 0.160. The highest BCUT2D eigenvalue weighted by molar-refractivity contribution is 5.75. The van der Waals surface area contributed by atoms with Gasteiger partial charge >= 0.3 is 6.03 Å². The van der Waals surface area contributed by atoms with Crippen LogP contribution in [0.3, 0.4) is 0 Å². The van der Waals surface area contributed by atoms with Gasteiger partial charge in [-0.2, -0.15) is 0 Å². The molecule has 0 aromatic rings. The molecule has 0 bridgehead atoms. The van der Waals surface area contributed by atoms with Gasteiger partial charge in [-0.05, 0) is 24.7 Å². The summed E-state index contributed by atoms with van der Waals surface area (Å²) >= 11 is 0. The summed E-state index contributed by atoms with van der Waals surface area (Å²) in [5, 5.41) is 3.13. The fourth-order valence-electron chi connectivity index (χ4n) is 2.23. The topological polar surface area (TPSA) is 32.3 Å². The molecule has 1 aliphatic heterocycles. The van der Waals surface area contributed by atoms with Gasteiger partial charge in [-0.3, -0.25) is 0 Å². The second kappa shape index (κ2) is 4.03. The van der Waals surface area contributed by atoms with Gasteiger partial charge < -0.3 is 10.2 Å². The Bertz CT molecular complexity index is 242. The third-order valence-electron chi connectivity index (χ3n) is 3.70. The van der Waals surface area contributed by atoms with Crippen LogP contribution in [0.15, 0.2) is 0 Å². The van der Waals surface area contributed by atoms with Gasteiger partial charge in [-0.1, -0.05) is 26.7 Å². The van der Waals surface area contributed by atoms with E-state index in [1.54, 1.807) is 0 Å². The van der Waals surface area contributed by atoms with Crippen LogP contribution in [0.1, 0.15) is 46.0 Å². The van der Waals surface area contributed by atoms with Crippen molar-refractivity contribution in [3.05, 3.63) is 0 Å². The van der Waals surface area contributed by atoms with E-state index in [0.29, 0.717) is 11.5 Å². The lowest BCUT2D eigenvalue weighted by atomic mass is 10.2.